The van der Waals surface area contributed by atoms with E-state index in [1.807, 2.05) is 13.8 Å². The molecular weight excluding hydrogens is 468 g/mol. The fourth-order valence-electron chi connectivity index (χ4n) is 3.25. The molecule has 0 aliphatic rings. The van der Waals surface area contributed by atoms with Gasteiger partial charge < -0.3 is 19.5 Å². The van der Waals surface area contributed by atoms with Crippen molar-refractivity contribution in [3.05, 3.63) is 78.4 Å². The number of hydrogen-bond donors (Lipinski definition) is 1. The molecule has 1 amide bonds. The summed E-state index contributed by atoms with van der Waals surface area (Å²) in [6.07, 6.45) is 0. The number of sulfonamides is 1. The zero-order valence-electron chi connectivity index (χ0n) is 20.1. The van der Waals surface area contributed by atoms with Gasteiger partial charge in [-0.25, -0.2) is 8.42 Å². The highest BCUT2D eigenvalue weighted by Gasteiger charge is 2.27. The van der Waals surface area contributed by atoms with E-state index < -0.39 is 15.9 Å². The highest BCUT2D eigenvalue weighted by atomic mass is 32.2. The number of carbonyl (C=O) groups excluding carboxylic acids is 1. The molecule has 186 valence electrons. The molecule has 0 heterocycles. The molecule has 0 aliphatic carbocycles. The minimum atomic E-state index is -4.00. The van der Waals surface area contributed by atoms with Crippen LogP contribution in [0.5, 0.6) is 17.2 Å². The molecule has 0 saturated carbocycles. The molecule has 0 spiro atoms. The van der Waals surface area contributed by atoms with Gasteiger partial charge in [-0.15, -0.1) is 0 Å². The van der Waals surface area contributed by atoms with Crippen LogP contribution in [0.1, 0.15) is 12.5 Å². The predicted molar refractivity (Wildman–Crippen MR) is 135 cm³/mol. The molecule has 3 aromatic carbocycles. The summed E-state index contributed by atoms with van der Waals surface area (Å²) in [6, 6.07) is 20.2. The first-order chi connectivity index (χ1) is 16.8. The SMILES string of the molecule is CCOc1ccc(S(=O)(=O)N(CC(=O)NCCOc2ccc(OC)cc2)c2ccc(C)cc2)cc1. The van der Waals surface area contributed by atoms with Crippen molar-refractivity contribution in [1.29, 1.82) is 0 Å². The number of aryl methyl sites for hydroxylation is 1. The van der Waals surface area contributed by atoms with Crippen LogP contribution in [0.2, 0.25) is 0 Å². The van der Waals surface area contributed by atoms with Gasteiger partial charge in [0.15, 0.2) is 0 Å². The molecule has 0 radical (unpaired) electrons. The molecule has 9 heteroatoms. The Balaban J connectivity index is 1.68. The van der Waals surface area contributed by atoms with Crippen LogP contribution < -0.4 is 23.8 Å². The van der Waals surface area contributed by atoms with Crippen molar-refractivity contribution < 1.29 is 27.4 Å². The predicted octanol–water partition coefficient (Wildman–Crippen LogP) is 3.79. The molecule has 8 nitrogen and oxygen atoms in total. The summed E-state index contributed by atoms with van der Waals surface area (Å²) < 4.78 is 44.1. The van der Waals surface area contributed by atoms with Crippen LogP contribution in [0.15, 0.2) is 77.7 Å². The average Bonchev–Trinajstić information content (AvgIpc) is 2.86. The van der Waals surface area contributed by atoms with Crippen LogP contribution in [0.3, 0.4) is 0 Å². The molecular formula is C26H30N2O6S. The van der Waals surface area contributed by atoms with E-state index in [2.05, 4.69) is 5.32 Å². The van der Waals surface area contributed by atoms with Gasteiger partial charge in [0, 0.05) is 0 Å². The van der Waals surface area contributed by atoms with Crippen molar-refractivity contribution in [3.63, 3.8) is 0 Å². The Bertz CT molecular complexity index is 1190. The van der Waals surface area contributed by atoms with Crippen molar-refractivity contribution in [2.45, 2.75) is 18.7 Å². The van der Waals surface area contributed by atoms with E-state index in [0.29, 0.717) is 23.8 Å². The van der Waals surface area contributed by atoms with E-state index in [4.69, 9.17) is 14.2 Å². The van der Waals surface area contributed by atoms with Crippen LogP contribution in [0.4, 0.5) is 5.69 Å². The third-order valence-corrected chi connectivity index (χ3v) is 6.87. The number of amides is 1. The quantitative estimate of drug-likeness (QED) is 0.382. The van der Waals surface area contributed by atoms with Crippen molar-refractivity contribution in [2.24, 2.45) is 0 Å². The molecule has 0 atom stereocenters. The van der Waals surface area contributed by atoms with Crippen molar-refractivity contribution in [2.75, 3.05) is 37.7 Å². The minimum absolute atomic E-state index is 0.0668. The largest absolute Gasteiger partial charge is 0.497 e. The molecule has 3 rings (SSSR count). The van der Waals surface area contributed by atoms with E-state index in [1.54, 1.807) is 67.8 Å². The van der Waals surface area contributed by atoms with Gasteiger partial charge in [-0.1, -0.05) is 17.7 Å². The molecule has 0 bridgehead atoms. The highest BCUT2D eigenvalue weighted by molar-refractivity contribution is 7.92. The van der Waals surface area contributed by atoms with Crippen LogP contribution in [0.25, 0.3) is 0 Å². The number of methoxy groups -OCH3 is 1. The lowest BCUT2D eigenvalue weighted by Gasteiger charge is -2.24. The third-order valence-electron chi connectivity index (χ3n) is 5.08. The summed E-state index contributed by atoms with van der Waals surface area (Å²) in [5.41, 5.74) is 1.38. The Morgan fingerprint density at radius 3 is 2.03 bits per heavy atom. The zero-order valence-corrected chi connectivity index (χ0v) is 20.9. The standard InChI is InChI=1S/C26H30N2O6S/c1-4-33-23-13-15-25(16-14-23)35(30,31)28(21-7-5-20(2)6-8-21)19-26(29)27-17-18-34-24-11-9-22(32-3)10-12-24/h5-16H,4,17-19H2,1-3H3,(H,27,29). The second-order valence-electron chi connectivity index (χ2n) is 7.63. The highest BCUT2D eigenvalue weighted by Crippen LogP contribution is 2.25. The second kappa shape index (κ2) is 12.1. The second-order valence-corrected chi connectivity index (χ2v) is 9.49. The molecule has 0 unspecified atom stereocenters. The van der Waals surface area contributed by atoms with Gasteiger partial charge in [-0.3, -0.25) is 9.10 Å². The number of nitrogens with one attached hydrogen (secondary N) is 1. The fourth-order valence-corrected chi connectivity index (χ4v) is 4.67. The van der Waals surface area contributed by atoms with E-state index in [0.717, 1.165) is 15.6 Å². The molecule has 0 aliphatic heterocycles. The lowest BCUT2D eigenvalue weighted by Crippen LogP contribution is -2.41. The monoisotopic (exact) mass is 498 g/mol. The minimum Gasteiger partial charge on any atom is -0.497 e. The van der Waals surface area contributed by atoms with E-state index >= 15 is 0 Å². The molecule has 35 heavy (non-hydrogen) atoms. The van der Waals surface area contributed by atoms with Gasteiger partial charge in [0.2, 0.25) is 5.91 Å². The number of benzene rings is 3. The maximum absolute atomic E-state index is 13.5. The Hall–Kier alpha value is -3.72. The summed E-state index contributed by atoms with van der Waals surface area (Å²) in [5, 5.41) is 2.72. The van der Waals surface area contributed by atoms with Crippen molar-refractivity contribution in [1.82, 2.24) is 5.32 Å². The van der Waals surface area contributed by atoms with Gasteiger partial charge in [0.1, 0.15) is 30.4 Å². The van der Waals surface area contributed by atoms with Crippen molar-refractivity contribution >= 4 is 21.6 Å². The summed E-state index contributed by atoms with van der Waals surface area (Å²) >= 11 is 0. The number of anilines is 1. The summed E-state index contributed by atoms with van der Waals surface area (Å²) in [5.74, 6) is 1.48. The van der Waals surface area contributed by atoms with Gasteiger partial charge >= 0.3 is 0 Å². The summed E-state index contributed by atoms with van der Waals surface area (Å²) in [4.78, 5) is 12.8. The van der Waals surface area contributed by atoms with Gasteiger partial charge in [0.25, 0.3) is 10.0 Å². The lowest BCUT2D eigenvalue weighted by molar-refractivity contribution is -0.119. The van der Waals surface area contributed by atoms with Gasteiger partial charge in [-0.05, 0) is 74.5 Å². The summed E-state index contributed by atoms with van der Waals surface area (Å²) in [7, 11) is -2.42. The first kappa shape index (κ1) is 25.9. The zero-order chi connectivity index (χ0) is 25.3. The number of ether oxygens (including phenoxy) is 3. The van der Waals surface area contributed by atoms with Gasteiger partial charge in [-0.2, -0.15) is 0 Å². The maximum Gasteiger partial charge on any atom is 0.264 e. The molecule has 1 N–H and O–H groups in total. The van der Waals surface area contributed by atoms with Crippen LogP contribution in [0, 0.1) is 6.92 Å². The first-order valence-corrected chi connectivity index (χ1v) is 12.6. The van der Waals surface area contributed by atoms with Gasteiger partial charge in [0.05, 0.1) is 30.8 Å². The third kappa shape index (κ3) is 7.13. The van der Waals surface area contributed by atoms with E-state index in [1.165, 1.54) is 12.1 Å². The first-order valence-electron chi connectivity index (χ1n) is 11.2. The fraction of sp³-hybridized carbons (Fsp3) is 0.269. The summed E-state index contributed by atoms with van der Waals surface area (Å²) in [6.45, 7) is 4.31. The molecule has 0 aromatic heterocycles. The van der Waals surface area contributed by atoms with Crippen molar-refractivity contribution in [3.8, 4) is 17.2 Å². The smallest absolute Gasteiger partial charge is 0.264 e. The Morgan fingerprint density at radius 1 is 0.857 bits per heavy atom. The Morgan fingerprint density at radius 2 is 1.43 bits per heavy atom. The number of nitrogens with zero attached hydrogens (tertiary/aromatic N) is 1. The van der Waals surface area contributed by atoms with E-state index in [9.17, 15) is 13.2 Å². The molecule has 0 saturated heterocycles. The van der Waals surface area contributed by atoms with Crippen LogP contribution in [-0.2, 0) is 14.8 Å². The Kier molecular flexibility index (Phi) is 8.97. The normalized spacial score (nSPS) is 10.9. The maximum atomic E-state index is 13.5. The van der Waals surface area contributed by atoms with E-state index in [-0.39, 0.29) is 24.6 Å². The number of carbonyl (C=O) groups is 1. The lowest BCUT2D eigenvalue weighted by atomic mass is 10.2. The number of hydrogen-bond acceptors (Lipinski definition) is 6. The van der Waals surface area contributed by atoms with Crippen LogP contribution in [-0.4, -0.2) is 47.7 Å². The molecule has 3 aromatic rings. The molecule has 0 fully saturated rings. The van der Waals surface area contributed by atoms with Crippen LogP contribution >= 0.6 is 0 Å². The topological polar surface area (TPSA) is 94.2 Å². The number of rotatable bonds is 12. The average molecular weight is 499 g/mol. The Labute approximate surface area is 206 Å².